The van der Waals surface area contributed by atoms with E-state index in [0.717, 1.165) is 12.8 Å². The third-order valence-corrected chi connectivity index (χ3v) is 4.19. The van der Waals surface area contributed by atoms with Crippen molar-refractivity contribution in [1.29, 1.82) is 0 Å². The van der Waals surface area contributed by atoms with Crippen molar-refractivity contribution in [2.24, 2.45) is 5.41 Å². The summed E-state index contributed by atoms with van der Waals surface area (Å²) in [7, 11) is -3.08. The highest BCUT2D eigenvalue weighted by molar-refractivity contribution is 7.57. The van der Waals surface area contributed by atoms with Crippen molar-refractivity contribution in [3.8, 4) is 0 Å². The van der Waals surface area contributed by atoms with Crippen molar-refractivity contribution >= 4 is 7.60 Å². The van der Waals surface area contributed by atoms with Crippen LogP contribution in [0.1, 0.15) is 26.7 Å². The molecule has 0 heterocycles. The maximum absolute atomic E-state index is 12.0. The summed E-state index contributed by atoms with van der Waals surface area (Å²) >= 11 is 0. The molecule has 4 nitrogen and oxygen atoms in total. The van der Waals surface area contributed by atoms with Gasteiger partial charge in [0.2, 0.25) is 0 Å². The molecule has 1 aliphatic carbocycles. The summed E-state index contributed by atoms with van der Waals surface area (Å²) in [6, 6.07) is 0. The molecule has 1 saturated carbocycles. The number of aliphatic hydroxyl groups is 1. The van der Waals surface area contributed by atoms with E-state index < -0.39 is 7.60 Å². The zero-order valence-corrected chi connectivity index (χ0v) is 10.2. The molecule has 0 atom stereocenters. The van der Waals surface area contributed by atoms with Crippen molar-refractivity contribution in [3.05, 3.63) is 11.9 Å². The first-order valence-electron chi connectivity index (χ1n) is 5.30. The summed E-state index contributed by atoms with van der Waals surface area (Å²) in [4.78, 5) is 0. The van der Waals surface area contributed by atoms with E-state index in [9.17, 15) is 4.57 Å². The minimum atomic E-state index is -3.08. The smallest absolute Gasteiger partial charge is 0.353 e. The molecule has 0 saturated heterocycles. The number of aliphatic hydroxyl groups excluding tert-OH is 1. The van der Waals surface area contributed by atoms with E-state index in [2.05, 4.69) is 0 Å². The summed E-state index contributed by atoms with van der Waals surface area (Å²) in [5.74, 6) is 1.49. The summed E-state index contributed by atoms with van der Waals surface area (Å²) in [5, 5.41) is 9.09. The van der Waals surface area contributed by atoms with Gasteiger partial charge < -0.3 is 14.2 Å². The fourth-order valence-corrected chi connectivity index (χ4v) is 2.74. The molecule has 1 rings (SSSR count). The molecule has 15 heavy (non-hydrogen) atoms. The first kappa shape index (κ1) is 12.9. The Balaban J connectivity index is 2.61. The van der Waals surface area contributed by atoms with Gasteiger partial charge in [-0.05, 0) is 26.7 Å². The van der Waals surface area contributed by atoms with Gasteiger partial charge in [0, 0.05) is 11.2 Å². The number of hydrogen-bond donors (Lipinski definition) is 1. The van der Waals surface area contributed by atoms with E-state index in [4.69, 9.17) is 14.2 Å². The molecule has 88 valence electrons. The molecule has 0 bridgehead atoms. The van der Waals surface area contributed by atoms with Crippen molar-refractivity contribution in [1.82, 2.24) is 0 Å². The monoisotopic (exact) mass is 234 g/mol. The molecule has 0 spiro atoms. The zero-order chi connectivity index (χ0) is 11.4. The maximum Gasteiger partial charge on any atom is 0.353 e. The van der Waals surface area contributed by atoms with Gasteiger partial charge in [-0.25, -0.2) is 0 Å². The van der Waals surface area contributed by atoms with Gasteiger partial charge in [0.25, 0.3) is 0 Å². The molecule has 0 unspecified atom stereocenters. The number of hydrogen-bond acceptors (Lipinski definition) is 4. The Hall–Kier alpha value is -0.150. The Bertz CT molecular complexity index is 261. The molecule has 1 N–H and O–H groups in total. The third-order valence-electron chi connectivity index (χ3n) is 2.44. The van der Waals surface area contributed by atoms with E-state index in [1.165, 1.54) is 5.82 Å². The lowest BCUT2D eigenvalue weighted by atomic mass is 10.1. The van der Waals surface area contributed by atoms with Crippen LogP contribution in [0.15, 0.2) is 11.9 Å². The molecule has 0 aromatic heterocycles. The van der Waals surface area contributed by atoms with E-state index >= 15 is 0 Å². The highest BCUT2D eigenvalue weighted by atomic mass is 31.2. The zero-order valence-electron chi connectivity index (χ0n) is 9.31. The topological polar surface area (TPSA) is 55.8 Å². The molecule has 5 heteroatoms. The van der Waals surface area contributed by atoms with Gasteiger partial charge in [-0.15, -0.1) is 0 Å². The van der Waals surface area contributed by atoms with Crippen molar-refractivity contribution < 1.29 is 18.7 Å². The second-order valence-corrected chi connectivity index (χ2v) is 5.61. The SMILES string of the molecule is CCOP(=O)(C=CC1(CO)CC1)OCC. The Labute approximate surface area is 90.8 Å². The van der Waals surface area contributed by atoms with E-state index in [-0.39, 0.29) is 12.0 Å². The van der Waals surface area contributed by atoms with Gasteiger partial charge in [-0.2, -0.15) is 0 Å². The van der Waals surface area contributed by atoms with Gasteiger partial charge in [0.05, 0.1) is 19.8 Å². The van der Waals surface area contributed by atoms with Crippen LogP contribution in [0.3, 0.4) is 0 Å². The average molecular weight is 234 g/mol. The van der Waals surface area contributed by atoms with Crippen molar-refractivity contribution in [2.75, 3.05) is 19.8 Å². The lowest BCUT2D eigenvalue weighted by Crippen LogP contribution is -2.02. The van der Waals surface area contributed by atoms with Gasteiger partial charge in [-0.3, -0.25) is 4.57 Å². The minimum absolute atomic E-state index is 0.0990. The fourth-order valence-electron chi connectivity index (χ4n) is 1.27. The Morgan fingerprint density at radius 2 is 1.87 bits per heavy atom. The van der Waals surface area contributed by atoms with Crippen LogP contribution in [0.2, 0.25) is 0 Å². The summed E-state index contributed by atoms with van der Waals surface area (Å²) in [6.45, 7) is 4.36. The lowest BCUT2D eigenvalue weighted by molar-refractivity contribution is 0.227. The van der Waals surface area contributed by atoms with Crippen LogP contribution in [0.4, 0.5) is 0 Å². The van der Waals surface area contributed by atoms with Gasteiger partial charge in [0.15, 0.2) is 0 Å². The van der Waals surface area contributed by atoms with Gasteiger partial charge >= 0.3 is 7.60 Å². The standard InChI is InChI=1S/C10H19O4P/c1-3-13-15(12,14-4-2)8-7-10(9-11)5-6-10/h7-8,11H,3-6,9H2,1-2H3. The molecule has 0 radical (unpaired) electrons. The Kier molecular flexibility index (Phi) is 4.53. The second-order valence-electron chi connectivity index (χ2n) is 3.71. The quantitative estimate of drug-likeness (QED) is 0.688. The number of rotatable bonds is 7. The fraction of sp³-hybridized carbons (Fsp3) is 0.800. The van der Waals surface area contributed by atoms with Gasteiger partial charge in [0.1, 0.15) is 0 Å². The highest BCUT2D eigenvalue weighted by Gasteiger charge is 2.40. The largest absolute Gasteiger partial charge is 0.395 e. The molecular weight excluding hydrogens is 215 g/mol. The Morgan fingerprint density at radius 1 is 1.33 bits per heavy atom. The molecule has 1 aliphatic rings. The molecule has 0 aromatic carbocycles. The first-order chi connectivity index (χ1) is 7.10. The average Bonchev–Trinajstić information content (AvgIpc) is 2.97. The van der Waals surface area contributed by atoms with Crippen LogP contribution in [0.25, 0.3) is 0 Å². The predicted molar refractivity (Wildman–Crippen MR) is 58.8 cm³/mol. The van der Waals surface area contributed by atoms with Crippen LogP contribution >= 0.6 is 7.60 Å². The molecular formula is C10H19O4P. The van der Waals surface area contributed by atoms with Crippen LogP contribution in [-0.2, 0) is 13.6 Å². The van der Waals surface area contributed by atoms with Gasteiger partial charge in [-0.1, -0.05) is 6.08 Å². The highest BCUT2D eigenvalue weighted by Crippen LogP contribution is 2.54. The Morgan fingerprint density at radius 3 is 2.20 bits per heavy atom. The second kappa shape index (κ2) is 5.26. The lowest BCUT2D eigenvalue weighted by Gasteiger charge is -2.13. The summed E-state index contributed by atoms with van der Waals surface area (Å²) in [6.07, 6.45) is 3.66. The normalized spacial score (nSPS) is 19.7. The van der Waals surface area contributed by atoms with E-state index in [0.29, 0.717) is 13.2 Å². The minimum Gasteiger partial charge on any atom is -0.395 e. The van der Waals surface area contributed by atoms with Crippen LogP contribution in [-0.4, -0.2) is 24.9 Å². The van der Waals surface area contributed by atoms with Crippen LogP contribution in [0, 0.1) is 5.41 Å². The third kappa shape index (κ3) is 3.72. The van der Waals surface area contributed by atoms with Crippen molar-refractivity contribution in [3.63, 3.8) is 0 Å². The van der Waals surface area contributed by atoms with E-state index in [1.54, 1.807) is 19.9 Å². The van der Waals surface area contributed by atoms with Crippen molar-refractivity contribution in [2.45, 2.75) is 26.7 Å². The first-order valence-corrected chi connectivity index (χ1v) is 6.91. The summed E-state index contributed by atoms with van der Waals surface area (Å²) in [5.41, 5.74) is -0.163. The molecule has 0 amide bonds. The van der Waals surface area contributed by atoms with E-state index in [1.807, 2.05) is 0 Å². The molecule has 0 aromatic rings. The van der Waals surface area contributed by atoms with Crippen LogP contribution in [0.5, 0.6) is 0 Å². The van der Waals surface area contributed by atoms with Crippen LogP contribution < -0.4 is 0 Å². The maximum atomic E-state index is 12.0. The molecule has 0 aliphatic heterocycles. The summed E-state index contributed by atoms with van der Waals surface area (Å²) < 4.78 is 22.2. The molecule has 1 fully saturated rings. The predicted octanol–water partition coefficient (Wildman–Crippen LogP) is 2.54.